The molecule has 186 valence electrons. The van der Waals surface area contributed by atoms with Gasteiger partial charge in [-0.05, 0) is 86.0 Å². The van der Waals surface area contributed by atoms with Gasteiger partial charge < -0.3 is 0 Å². The number of hydrogen-bond donors (Lipinski definition) is 0. The van der Waals surface area contributed by atoms with E-state index in [2.05, 4.69) is 0 Å². The molecule has 2 aliphatic carbocycles. The molecule has 0 saturated carbocycles. The van der Waals surface area contributed by atoms with E-state index in [1.165, 1.54) is 12.1 Å². The van der Waals surface area contributed by atoms with Crippen molar-refractivity contribution in [1.29, 1.82) is 21.0 Å². The van der Waals surface area contributed by atoms with Gasteiger partial charge in [-0.25, -0.2) is 0 Å². The normalized spacial score (nSPS) is 12.2. The van der Waals surface area contributed by atoms with Crippen LogP contribution in [0.3, 0.4) is 0 Å². The monoisotopic (exact) mass is 522 g/mol. The Morgan fingerprint density at radius 1 is 0.475 bits per heavy atom. The van der Waals surface area contributed by atoms with Gasteiger partial charge in [-0.2, -0.15) is 34.2 Å². The van der Waals surface area contributed by atoms with Crippen molar-refractivity contribution < 1.29 is 13.2 Å². The van der Waals surface area contributed by atoms with Gasteiger partial charge in [-0.15, -0.1) is 0 Å². The van der Waals surface area contributed by atoms with Crippen LogP contribution in [0.5, 0.6) is 0 Å². The van der Waals surface area contributed by atoms with Gasteiger partial charge in [0.2, 0.25) is 0 Å². The van der Waals surface area contributed by atoms with Gasteiger partial charge in [0.15, 0.2) is 0 Å². The van der Waals surface area contributed by atoms with Gasteiger partial charge in [0.05, 0.1) is 5.56 Å². The molecule has 0 heterocycles. The molecule has 2 aliphatic rings. The van der Waals surface area contributed by atoms with Crippen molar-refractivity contribution in [2.45, 2.75) is 6.18 Å². The SMILES string of the molecule is N#CC(C#N)=C1c2ccccc2-c2cc3c(cc21)-c1ccc(-c2ccc(C(F)(F)F)cc2)cc1C3=C(C#N)C#N. The maximum atomic E-state index is 13.1. The zero-order valence-corrected chi connectivity index (χ0v) is 20.4. The van der Waals surface area contributed by atoms with Crippen molar-refractivity contribution in [2.24, 2.45) is 0 Å². The third kappa shape index (κ3) is 3.51. The summed E-state index contributed by atoms with van der Waals surface area (Å²) in [5.41, 5.74) is 7.05. The van der Waals surface area contributed by atoms with Crippen molar-refractivity contribution in [1.82, 2.24) is 0 Å². The Labute approximate surface area is 227 Å². The van der Waals surface area contributed by atoms with E-state index in [1.54, 1.807) is 12.1 Å². The van der Waals surface area contributed by atoms with Crippen LogP contribution < -0.4 is 0 Å². The first-order valence-electron chi connectivity index (χ1n) is 12.0. The van der Waals surface area contributed by atoms with E-state index in [-0.39, 0.29) is 11.1 Å². The summed E-state index contributed by atoms with van der Waals surface area (Å²) >= 11 is 0. The maximum Gasteiger partial charge on any atom is 0.416 e. The van der Waals surface area contributed by atoms with Crippen LogP contribution in [0, 0.1) is 45.3 Å². The predicted molar refractivity (Wildman–Crippen MR) is 142 cm³/mol. The Balaban J connectivity index is 1.61. The van der Waals surface area contributed by atoms with Crippen LogP contribution in [-0.2, 0) is 6.18 Å². The van der Waals surface area contributed by atoms with Crippen LogP contribution >= 0.6 is 0 Å². The number of nitriles is 4. The second kappa shape index (κ2) is 8.85. The lowest BCUT2D eigenvalue weighted by molar-refractivity contribution is -0.137. The molecule has 0 radical (unpaired) electrons. The number of hydrogen-bond acceptors (Lipinski definition) is 4. The van der Waals surface area contributed by atoms with E-state index in [4.69, 9.17) is 0 Å². The Kier molecular flexibility index (Phi) is 5.41. The topological polar surface area (TPSA) is 95.2 Å². The van der Waals surface area contributed by atoms with E-state index in [1.807, 2.05) is 66.7 Å². The van der Waals surface area contributed by atoms with E-state index in [0.29, 0.717) is 39.0 Å². The summed E-state index contributed by atoms with van der Waals surface area (Å²) in [4.78, 5) is 0. The summed E-state index contributed by atoms with van der Waals surface area (Å²) < 4.78 is 39.2. The quantitative estimate of drug-likeness (QED) is 0.204. The highest BCUT2D eigenvalue weighted by Gasteiger charge is 2.34. The molecular formula is C33H13F3N4. The van der Waals surface area contributed by atoms with Gasteiger partial charge in [0, 0.05) is 11.1 Å². The summed E-state index contributed by atoms with van der Waals surface area (Å²) in [5.74, 6) is 0. The van der Waals surface area contributed by atoms with Gasteiger partial charge in [0.25, 0.3) is 0 Å². The first-order valence-corrected chi connectivity index (χ1v) is 12.0. The minimum Gasteiger partial charge on any atom is -0.192 e. The molecule has 0 amide bonds. The summed E-state index contributed by atoms with van der Waals surface area (Å²) in [6.45, 7) is 0. The molecule has 7 heteroatoms. The molecule has 0 aromatic heterocycles. The molecule has 6 rings (SSSR count). The Morgan fingerprint density at radius 3 is 1.45 bits per heavy atom. The largest absolute Gasteiger partial charge is 0.416 e. The average Bonchev–Trinajstić information content (AvgIpc) is 3.45. The first-order chi connectivity index (χ1) is 19.3. The number of fused-ring (bicyclic) bond motifs is 6. The highest BCUT2D eigenvalue weighted by Crippen LogP contribution is 2.53. The summed E-state index contributed by atoms with van der Waals surface area (Å²) in [6, 6.07) is 29.3. The van der Waals surface area contributed by atoms with Crippen LogP contribution in [-0.4, -0.2) is 0 Å². The van der Waals surface area contributed by atoms with Gasteiger partial charge in [-0.1, -0.05) is 48.5 Å². The lowest BCUT2D eigenvalue weighted by Gasteiger charge is -2.10. The molecule has 0 bridgehead atoms. The van der Waals surface area contributed by atoms with Crippen LogP contribution in [0.2, 0.25) is 0 Å². The average molecular weight is 522 g/mol. The number of benzene rings is 4. The Bertz CT molecular complexity index is 1990. The third-order valence-electron chi connectivity index (χ3n) is 7.25. The van der Waals surface area contributed by atoms with E-state index in [0.717, 1.165) is 39.9 Å². The smallest absolute Gasteiger partial charge is 0.192 e. The van der Waals surface area contributed by atoms with E-state index < -0.39 is 11.7 Å². The summed E-state index contributed by atoms with van der Waals surface area (Å²) in [6.07, 6.45) is -4.45. The molecule has 0 N–H and O–H groups in total. The molecule has 0 saturated heterocycles. The minimum atomic E-state index is -4.45. The molecule has 0 atom stereocenters. The molecule has 4 nitrogen and oxygen atoms in total. The molecule has 0 spiro atoms. The van der Waals surface area contributed by atoms with Crippen molar-refractivity contribution in [3.8, 4) is 57.7 Å². The van der Waals surface area contributed by atoms with Crippen LogP contribution in [0.4, 0.5) is 13.2 Å². The lowest BCUT2D eigenvalue weighted by Crippen LogP contribution is -2.03. The van der Waals surface area contributed by atoms with Gasteiger partial charge >= 0.3 is 6.18 Å². The number of allylic oxidation sites excluding steroid dienone is 2. The highest BCUT2D eigenvalue weighted by atomic mass is 19.4. The summed E-state index contributed by atoms with van der Waals surface area (Å²) in [5, 5.41) is 39.1. The van der Waals surface area contributed by atoms with Crippen molar-refractivity contribution in [3.05, 3.63) is 118 Å². The van der Waals surface area contributed by atoms with Crippen molar-refractivity contribution in [2.75, 3.05) is 0 Å². The zero-order chi connectivity index (χ0) is 28.2. The van der Waals surface area contributed by atoms with Gasteiger partial charge in [-0.3, -0.25) is 0 Å². The number of halogens is 3. The molecule has 0 aliphatic heterocycles. The fourth-order valence-corrected chi connectivity index (χ4v) is 5.51. The summed E-state index contributed by atoms with van der Waals surface area (Å²) in [7, 11) is 0. The van der Waals surface area contributed by atoms with E-state index >= 15 is 0 Å². The first kappa shape index (κ1) is 24.4. The minimum absolute atomic E-state index is 0.0208. The van der Waals surface area contributed by atoms with Crippen molar-refractivity contribution >= 4 is 11.1 Å². The fraction of sp³-hybridized carbons (Fsp3) is 0.0303. The molecule has 0 fully saturated rings. The zero-order valence-electron chi connectivity index (χ0n) is 20.4. The Morgan fingerprint density at radius 2 is 0.925 bits per heavy atom. The standard InChI is InChI=1S/C33H13F3N4/c34-33(35,36)22-8-5-18(6-9-22)19-7-10-24-27-13-29-26(12-30(27)32(28(24)11-19)21(16-39)17-40)23-3-1-2-4-25(23)31(29)20(14-37)15-38/h1-13H. The molecule has 4 aromatic rings. The van der Waals surface area contributed by atoms with E-state index in [9.17, 15) is 34.2 Å². The molecule has 4 aromatic carbocycles. The molecular weight excluding hydrogens is 509 g/mol. The number of rotatable bonds is 1. The molecule has 0 unspecified atom stereocenters. The predicted octanol–water partition coefficient (Wildman–Crippen LogP) is 8.03. The highest BCUT2D eigenvalue weighted by molar-refractivity contribution is 6.11. The lowest BCUT2D eigenvalue weighted by atomic mass is 9.93. The fourth-order valence-electron chi connectivity index (χ4n) is 5.51. The Hall–Kier alpha value is -5.89. The van der Waals surface area contributed by atoms with Crippen LogP contribution in [0.25, 0.3) is 44.5 Å². The van der Waals surface area contributed by atoms with Gasteiger partial charge in [0.1, 0.15) is 35.4 Å². The number of nitrogens with zero attached hydrogens (tertiary/aromatic N) is 4. The second-order valence-electron chi connectivity index (χ2n) is 9.27. The maximum absolute atomic E-state index is 13.1. The van der Waals surface area contributed by atoms with Crippen LogP contribution in [0.1, 0.15) is 27.8 Å². The third-order valence-corrected chi connectivity index (χ3v) is 7.25. The molecule has 40 heavy (non-hydrogen) atoms. The van der Waals surface area contributed by atoms with Crippen LogP contribution in [0.15, 0.2) is 90.0 Å². The second-order valence-corrected chi connectivity index (χ2v) is 9.27. The number of alkyl halides is 3. The van der Waals surface area contributed by atoms with Crippen molar-refractivity contribution in [3.63, 3.8) is 0 Å².